The number of halogens is 1. The van der Waals surface area contributed by atoms with Gasteiger partial charge in [-0.25, -0.2) is 4.98 Å². The number of benzene rings is 1. The molecular weight excluding hydrogens is 444 g/mol. The highest BCUT2D eigenvalue weighted by Gasteiger charge is 2.34. The van der Waals surface area contributed by atoms with E-state index in [9.17, 15) is 9.90 Å². The van der Waals surface area contributed by atoms with Crippen molar-refractivity contribution in [3.8, 4) is 5.88 Å². The zero-order valence-electron chi connectivity index (χ0n) is 15.6. The largest absolute Gasteiger partial charge is 0.492 e. The van der Waals surface area contributed by atoms with Crippen molar-refractivity contribution in [2.75, 3.05) is 20.2 Å². The SMILES string of the molecule is COC(=O)C1CCN([C@@H](c2cccc(Br)c2)c2sc3nc(C)nn3c2O)CC1. The maximum absolute atomic E-state index is 11.9. The van der Waals surface area contributed by atoms with Crippen LogP contribution in [0.4, 0.5) is 0 Å². The van der Waals surface area contributed by atoms with Crippen LogP contribution in [-0.2, 0) is 9.53 Å². The van der Waals surface area contributed by atoms with Crippen molar-refractivity contribution in [1.82, 2.24) is 19.5 Å². The van der Waals surface area contributed by atoms with E-state index in [1.54, 1.807) is 0 Å². The standard InChI is InChI=1S/C19H21BrN4O3S/c1-11-21-19-24(22-11)17(25)16(28-19)15(13-4-3-5-14(20)10-13)23-8-6-12(7-9-23)18(26)27-2/h3-5,10,12,15,25H,6-9H2,1-2H3/t15-/m0/s1. The van der Waals surface area contributed by atoms with Crippen LogP contribution in [0.25, 0.3) is 4.96 Å². The van der Waals surface area contributed by atoms with Crippen LogP contribution in [0.15, 0.2) is 28.7 Å². The number of hydrogen-bond acceptors (Lipinski definition) is 7. The molecule has 1 N–H and O–H groups in total. The molecule has 1 aliphatic heterocycles. The molecule has 4 rings (SSSR count). The molecule has 0 unspecified atom stereocenters. The second-order valence-electron chi connectivity index (χ2n) is 6.93. The molecule has 7 nitrogen and oxygen atoms in total. The summed E-state index contributed by atoms with van der Waals surface area (Å²) in [7, 11) is 1.44. The van der Waals surface area contributed by atoms with Crippen LogP contribution in [0.5, 0.6) is 5.88 Å². The van der Waals surface area contributed by atoms with E-state index in [0.29, 0.717) is 10.8 Å². The van der Waals surface area contributed by atoms with Gasteiger partial charge in [0, 0.05) is 4.47 Å². The number of likely N-dealkylation sites (tertiary alicyclic amines) is 1. The van der Waals surface area contributed by atoms with Crippen molar-refractivity contribution in [2.24, 2.45) is 5.92 Å². The smallest absolute Gasteiger partial charge is 0.308 e. The quantitative estimate of drug-likeness (QED) is 0.594. The van der Waals surface area contributed by atoms with Gasteiger partial charge in [0.25, 0.3) is 0 Å². The maximum Gasteiger partial charge on any atom is 0.308 e. The van der Waals surface area contributed by atoms with Crippen LogP contribution in [0, 0.1) is 12.8 Å². The van der Waals surface area contributed by atoms with Gasteiger partial charge < -0.3 is 9.84 Å². The number of esters is 1. The van der Waals surface area contributed by atoms with Crippen LogP contribution in [0.3, 0.4) is 0 Å². The Labute approximate surface area is 175 Å². The second kappa shape index (κ2) is 7.81. The Morgan fingerprint density at radius 2 is 2.14 bits per heavy atom. The number of ether oxygens (including phenoxy) is 1. The van der Waals surface area contributed by atoms with Crippen LogP contribution in [0.2, 0.25) is 0 Å². The third-order valence-electron chi connectivity index (χ3n) is 5.15. The number of piperidine rings is 1. The fourth-order valence-electron chi connectivity index (χ4n) is 3.79. The number of hydrogen-bond donors (Lipinski definition) is 1. The summed E-state index contributed by atoms with van der Waals surface area (Å²) in [6.45, 7) is 3.29. The lowest BCUT2D eigenvalue weighted by atomic mass is 9.94. The van der Waals surface area contributed by atoms with Gasteiger partial charge in [-0.1, -0.05) is 39.4 Å². The predicted octanol–water partition coefficient (Wildman–Crippen LogP) is 3.54. The lowest BCUT2D eigenvalue weighted by Crippen LogP contribution is -2.39. The van der Waals surface area contributed by atoms with E-state index in [4.69, 9.17) is 4.74 Å². The fraction of sp³-hybridized carbons (Fsp3) is 0.421. The van der Waals surface area contributed by atoms with Crippen LogP contribution in [-0.4, -0.2) is 50.8 Å². The Morgan fingerprint density at radius 3 is 2.79 bits per heavy atom. The van der Waals surface area contributed by atoms with Gasteiger partial charge in [0.15, 0.2) is 0 Å². The van der Waals surface area contributed by atoms with Crippen LogP contribution in [0.1, 0.15) is 35.1 Å². The van der Waals surface area contributed by atoms with Crippen molar-refractivity contribution >= 4 is 38.2 Å². The Hall–Kier alpha value is -1.97. The number of rotatable bonds is 4. The van der Waals surface area contributed by atoms with Crippen molar-refractivity contribution in [3.05, 3.63) is 45.0 Å². The normalized spacial score (nSPS) is 17.1. The van der Waals surface area contributed by atoms with Crippen LogP contribution < -0.4 is 0 Å². The highest BCUT2D eigenvalue weighted by atomic mass is 79.9. The number of nitrogens with zero attached hydrogens (tertiary/aromatic N) is 4. The summed E-state index contributed by atoms with van der Waals surface area (Å²) in [6.07, 6.45) is 1.47. The average molecular weight is 465 g/mol. The zero-order valence-corrected chi connectivity index (χ0v) is 18.0. The monoisotopic (exact) mass is 464 g/mol. The predicted molar refractivity (Wildman–Crippen MR) is 110 cm³/mol. The minimum atomic E-state index is -0.143. The molecule has 0 amide bonds. The first-order valence-corrected chi connectivity index (χ1v) is 10.7. The first-order chi connectivity index (χ1) is 13.5. The molecule has 1 fully saturated rings. The van der Waals surface area contributed by atoms with Gasteiger partial charge in [-0.15, -0.1) is 5.10 Å². The van der Waals surface area contributed by atoms with E-state index in [1.165, 1.54) is 23.0 Å². The number of fused-ring (bicyclic) bond motifs is 1. The third-order valence-corrected chi connectivity index (χ3v) is 6.71. The Kier molecular flexibility index (Phi) is 5.39. The van der Waals surface area contributed by atoms with Crippen molar-refractivity contribution in [1.29, 1.82) is 0 Å². The molecule has 0 spiro atoms. The Bertz CT molecular complexity index is 1010. The van der Waals surface area contributed by atoms with Crippen molar-refractivity contribution in [2.45, 2.75) is 25.8 Å². The number of carbonyl (C=O) groups is 1. The lowest BCUT2D eigenvalue weighted by Gasteiger charge is -2.36. The summed E-state index contributed by atoms with van der Waals surface area (Å²) in [5.41, 5.74) is 1.07. The molecule has 3 heterocycles. The molecule has 2 aromatic heterocycles. The van der Waals surface area contributed by atoms with Gasteiger partial charge in [-0.3, -0.25) is 9.69 Å². The lowest BCUT2D eigenvalue weighted by molar-refractivity contribution is -0.147. The van der Waals surface area contributed by atoms with Gasteiger partial charge in [0.05, 0.1) is 23.9 Å². The number of aromatic hydroxyl groups is 1. The molecule has 3 aromatic rings. The van der Waals surface area contributed by atoms with Gasteiger partial charge in [-0.2, -0.15) is 4.52 Å². The minimum Gasteiger partial charge on any atom is -0.492 e. The second-order valence-corrected chi connectivity index (χ2v) is 8.86. The summed E-state index contributed by atoms with van der Waals surface area (Å²) in [4.78, 5) is 20.1. The van der Waals surface area contributed by atoms with E-state index < -0.39 is 0 Å². The molecular formula is C19H21BrN4O3S. The zero-order chi connectivity index (χ0) is 19.8. The van der Waals surface area contributed by atoms with Crippen molar-refractivity contribution < 1.29 is 14.6 Å². The maximum atomic E-state index is 11.9. The Morgan fingerprint density at radius 1 is 1.39 bits per heavy atom. The molecule has 0 aliphatic carbocycles. The van der Waals surface area contributed by atoms with Crippen LogP contribution >= 0.6 is 27.3 Å². The molecule has 0 bridgehead atoms. The fourth-order valence-corrected chi connectivity index (χ4v) is 5.37. The third kappa shape index (κ3) is 3.54. The molecule has 1 saturated heterocycles. The van der Waals surface area contributed by atoms with Gasteiger partial charge >= 0.3 is 5.97 Å². The highest BCUT2D eigenvalue weighted by molar-refractivity contribution is 9.10. The molecule has 0 radical (unpaired) electrons. The highest BCUT2D eigenvalue weighted by Crippen LogP contribution is 2.41. The summed E-state index contributed by atoms with van der Waals surface area (Å²) in [5, 5.41) is 15.2. The topological polar surface area (TPSA) is 80.0 Å². The van der Waals surface area contributed by atoms with E-state index >= 15 is 0 Å². The van der Waals surface area contributed by atoms with Gasteiger partial charge in [0.2, 0.25) is 10.8 Å². The molecule has 148 valence electrons. The first-order valence-electron chi connectivity index (χ1n) is 9.10. The van der Waals surface area contributed by atoms with Gasteiger partial charge in [-0.05, 0) is 50.6 Å². The van der Waals surface area contributed by atoms with E-state index in [1.807, 2.05) is 19.1 Å². The molecule has 9 heteroatoms. The number of carbonyl (C=O) groups excluding carboxylic acids is 1. The molecule has 1 aliphatic rings. The summed E-state index contributed by atoms with van der Waals surface area (Å²) >= 11 is 5.00. The first kappa shape index (κ1) is 19.4. The van der Waals surface area contributed by atoms with Gasteiger partial charge in [0.1, 0.15) is 5.82 Å². The molecule has 1 atom stereocenters. The summed E-state index contributed by atoms with van der Waals surface area (Å²) in [5.74, 6) is 0.547. The Balaban J connectivity index is 1.71. The average Bonchev–Trinajstić information content (AvgIpc) is 3.19. The summed E-state index contributed by atoms with van der Waals surface area (Å²) < 4.78 is 7.39. The number of methoxy groups -OCH3 is 1. The molecule has 1 aromatic carbocycles. The molecule has 28 heavy (non-hydrogen) atoms. The number of aryl methyl sites for hydroxylation is 1. The van der Waals surface area contributed by atoms with E-state index in [2.05, 4.69) is 43.0 Å². The number of thiazole rings is 1. The van der Waals surface area contributed by atoms with Crippen molar-refractivity contribution in [3.63, 3.8) is 0 Å². The van der Waals surface area contributed by atoms with E-state index in [-0.39, 0.29) is 23.8 Å². The molecule has 0 saturated carbocycles. The number of aromatic nitrogens is 3. The summed E-state index contributed by atoms with van der Waals surface area (Å²) in [6, 6.07) is 7.96. The van der Waals surface area contributed by atoms with E-state index in [0.717, 1.165) is 40.8 Å². The minimum absolute atomic E-state index is 0.0667.